The Morgan fingerprint density at radius 2 is 1.77 bits per heavy atom. The Kier molecular flexibility index (Phi) is 5.58. The smallest absolute Gasteiger partial charge is 0.256 e. The average Bonchev–Trinajstić information content (AvgIpc) is 2.60. The van der Waals surface area contributed by atoms with E-state index in [-0.39, 0.29) is 16.3 Å². The van der Waals surface area contributed by atoms with E-state index in [1.807, 2.05) is 30.3 Å². The Morgan fingerprint density at radius 3 is 2.38 bits per heavy atom. The van der Waals surface area contributed by atoms with Crippen LogP contribution in [0.3, 0.4) is 0 Å². The Balaban J connectivity index is 2.35. The number of nitrogens with zero attached hydrogens (tertiary/aromatic N) is 1. The lowest BCUT2D eigenvalue weighted by molar-refractivity contribution is 0.123. The highest BCUT2D eigenvalue weighted by molar-refractivity contribution is 9.10. The van der Waals surface area contributed by atoms with Crippen molar-refractivity contribution in [1.29, 1.82) is 0 Å². The maximum atomic E-state index is 14.7. The summed E-state index contributed by atoms with van der Waals surface area (Å²) in [6, 6.07) is 13.6. The van der Waals surface area contributed by atoms with Crippen LogP contribution in [-0.4, -0.2) is 17.9 Å². The molecule has 3 rings (SSSR count). The molecule has 0 saturated carbocycles. The molecule has 0 unspecified atom stereocenters. The molecule has 2 aromatic carbocycles. The van der Waals surface area contributed by atoms with Crippen molar-refractivity contribution in [3.05, 3.63) is 93.3 Å². The molecule has 0 saturated heterocycles. The van der Waals surface area contributed by atoms with Crippen molar-refractivity contribution in [3.8, 4) is 0 Å². The maximum absolute atomic E-state index is 14.7. The molecule has 1 aliphatic rings. The molecule has 1 nitrogen and oxygen atoms in total. The normalized spacial score (nSPS) is 14.9. The van der Waals surface area contributed by atoms with Crippen LogP contribution in [0.4, 0.5) is 13.2 Å². The van der Waals surface area contributed by atoms with E-state index in [1.165, 1.54) is 11.0 Å². The highest BCUT2D eigenvalue weighted by atomic mass is 79.9. The van der Waals surface area contributed by atoms with Crippen molar-refractivity contribution in [1.82, 2.24) is 4.90 Å². The second kappa shape index (κ2) is 7.72. The first kappa shape index (κ1) is 18.8. The van der Waals surface area contributed by atoms with Crippen molar-refractivity contribution in [2.75, 3.05) is 6.54 Å². The summed E-state index contributed by atoms with van der Waals surface area (Å²) in [5, 5.41) is 0.237. The number of benzene rings is 2. The Labute approximate surface area is 163 Å². The van der Waals surface area contributed by atoms with Gasteiger partial charge in [0.25, 0.3) is 6.43 Å². The zero-order valence-corrected chi connectivity index (χ0v) is 15.9. The molecule has 6 heteroatoms. The molecule has 0 aromatic heterocycles. The van der Waals surface area contributed by atoms with Gasteiger partial charge in [0, 0.05) is 15.6 Å². The van der Waals surface area contributed by atoms with E-state index in [2.05, 4.69) is 22.5 Å². The molecular weight excluding hydrogens is 427 g/mol. The maximum Gasteiger partial charge on any atom is 0.256 e. The third-order valence-electron chi connectivity index (χ3n) is 4.00. The van der Waals surface area contributed by atoms with Gasteiger partial charge < -0.3 is 4.90 Å². The zero-order valence-electron chi connectivity index (χ0n) is 13.5. The summed E-state index contributed by atoms with van der Waals surface area (Å²) in [6.07, 6.45) is -1.01. The van der Waals surface area contributed by atoms with Crippen LogP contribution in [0.2, 0.25) is 0 Å². The van der Waals surface area contributed by atoms with Gasteiger partial charge in [-0.1, -0.05) is 54.6 Å². The van der Waals surface area contributed by atoms with Gasteiger partial charge in [-0.05, 0) is 39.7 Å². The van der Waals surface area contributed by atoms with Gasteiger partial charge in [0.2, 0.25) is 0 Å². The Hall–Kier alpha value is -1.98. The van der Waals surface area contributed by atoms with Gasteiger partial charge in [0.05, 0.1) is 23.0 Å². The second-order valence-electron chi connectivity index (χ2n) is 5.67. The predicted molar refractivity (Wildman–Crippen MR) is 103 cm³/mol. The number of rotatable bonds is 4. The van der Waals surface area contributed by atoms with Crippen molar-refractivity contribution in [2.24, 2.45) is 0 Å². The number of hydrogen-bond acceptors (Lipinski definition) is 1. The standard InChI is InChI=1S/C20H14BrClF3N/c1-12-16(22)10-14(13-6-3-2-4-7-13)20(26(12)11-18(24)25)19-15(21)8-5-9-17(19)23/h2-10,18H,1,11H2. The van der Waals surface area contributed by atoms with E-state index in [1.54, 1.807) is 18.2 Å². The van der Waals surface area contributed by atoms with Gasteiger partial charge in [-0.2, -0.15) is 0 Å². The molecule has 1 heterocycles. The molecule has 134 valence electrons. The number of alkyl halides is 2. The molecule has 0 fully saturated rings. The van der Waals surface area contributed by atoms with Crippen LogP contribution >= 0.6 is 27.5 Å². The predicted octanol–water partition coefficient (Wildman–Crippen LogP) is 6.67. The summed E-state index contributed by atoms with van der Waals surface area (Å²) >= 11 is 9.60. The minimum atomic E-state index is -2.65. The highest BCUT2D eigenvalue weighted by Gasteiger charge is 2.30. The zero-order chi connectivity index (χ0) is 18.8. The summed E-state index contributed by atoms with van der Waals surface area (Å²) in [7, 11) is 0. The minimum Gasteiger partial charge on any atom is -0.334 e. The molecule has 0 radical (unpaired) electrons. The van der Waals surface area contributed by atoms with Crippen LogP contribution in [-0.2, 0) is 0 Å². The Morgan fingerprint density at radius 1 is 1.08 bits per heavy atom. The fourth-order valence-corrected chi connectivity index (χ4v) is 3.60. The van der Waals surface area contributed by atoms with Crippen LogP contribution in [0.15, 0.2) is 76.4 Å². The van der Waals surface area contributed by atoms with E-state index in [0.29, 0.717) is 15.7 Å². The number of hydrogen-bond donors (Lipinski definition) is 0. The van der Waals surface area contributed by atoms with Gasteiger partial charge in [-0.15, -0.1) is 0 Å². The lowest BCUT2D eigenvalue weighted by atomic mass is 9.94. The van der Waals surface area contributed by atoms with Gasteiger partial charge in [0.15, 0.2) is 0 Å². The van der Waals surface area contributed by atoms with E-state index < -0.39 is 18.8 Å². The molecular formula is C20H14BrClF3N. The summed E-state index contributed by atoms with van der Waals surface area (Å²) in [5.41, 5.74) is 1.98. The van der Waals surface area contributed by atoms with Crippen LogP contribution < -0.4 is 0 Å². The quantitative estimate of drug-likeness (QED) is 0.513. The molecule has 2 aromatic rings. The summed E-state index contributed by atoms with van der Waals surface area (Å²) in [5.74, 6) is -0.527. The fourth-order valence-electron chi connectivity index (χ4n) is 2.86. The van der Waals surface area contributed by atoms with Crippen LogP contribution in [0, 0.1) is 5.82 Å². The highest BCUT2D eigenvalue weighted by Crippen LogP contribution is 2.43. The van der Waals surface area contributed by atoms with E-state index >= 15 is 0 Å². The fraction of sp³-hybridized carbons (Fsp3) is 0.100. The monoisotopic (exact) mass is 439 g/mol. The first-order chi connectivity index (χ1) is 12.4. The van der Waals surface area contributed by atoms with Crippen LogP contribution in [0.25, 0.3) is 11.3 Å². The van der Waals surface area contributed by atoms with E-state index in [9.17, 15) is 13.2 Å². The van der Waals surface area contributed by atoms with Crippen LogP contribution in [0.5, 0.6) is 0 Å². The van der Waals surface area contributed by atoms with Crippen molar-refractivity contribution in [2.45, 2.75) is 6.43 Å². The minimum absolute atomic E-state index is 0.188. The summed E-state index contributed by atoms with van der Waals surface area (Å²) in [4.78, 5) is 1.28. The van der Waals surface area contributed by atoms with E-state index in [0.717, 1.165) is 5.56 Å². The van der Waals surface area contributed by atoms with Gasteiger partial charge in [-0.3, -0.25) is 0 Å². The molecule has 0 spiro atoms. The number of allylic oxidation sites excluding steroid dienone is 3. The van der Waals surface area contributed by atoms with Crippen molar-refractivity contribution >= 4 is 38.8 Å². The number of halogens is 5. The molecule has 0 aliphatic carbocycles. The largest absolute Gasteiger partial charge is 0.334 e. The summed E-state index contributed by atoms with van der Waals surface area (Å²) in [6.45, 7) is 3.17. The van der Waals surface area contributed by atoms with Gasteiger partial charge >= 0.3 is 0 Å². The molecule has 0 bridgehead atoms. The first-order valence-electron chi connectivity index (χ1n) is 7.76. The summed E-state index contributed by atoms with van der Waals surface area (Å²) < 4.78 is 41.7. The lowest BCUT2D eigenvalue weighted by Gasteiger charge is -2.34. The molecule has 26 heavy (non-hydrogen) atoms. The average molecular weight is 441 g/mol. The van der Waals surface area contributed by atoms with Gasteiger partial charge in [0.1, 0.15) is 5.82 Å². The molecule has 1 aliphatic heterocycles. The Bertz CT molecular complexity index is 886. The first-order valence-corrected chi connectivity index (χ1v) is 8.93. The van der Waals surface area contributed by atoms with E-state index in [4.69, 9.17) is 11.6 Å². The SMILES string of the molecule is C=C1C(Cl)=CC(c2ccccc2)=C(c2c(F)cccc2Br)N1CC(F)F. The molecule has 0 atom stereocenters. The molecule has 0 amide bonds. The third kappa shape index (κ3) is 3.60. The van der Waals surface area contributed by atoms with Crippen LogP contribution in [0.1, 0.15) is 11.1 Å². The second-order valence-corrected chi connectivity index (χ2v) is 6.93. The topological polar surface area (TPSA) is 3.24 Å². The third-order valence-corrected chi connectivity index (χ3v) is 4.99. The van der Waals surface area contributed by atoms with Crippen molar-refractivity contribution in [3.63, 3.8) is 0 Å². The molecule has 0 N–H and O–H groups in total. The van der Waals surface area contributed by atoms with Gasteiger partial charge in [-0.25, -0.2) is 13.2 Å². The lowest BCUT2D eigenvalue weighted by Crippen LogP contribution is -2.30. The van der Waals surface area contributed by atoms with Crippen molar-refractivity contribution < 1.29 is 13.2 Å².